The van der Waals surface area contributed by atoms with Crippen molar-refractivity contribution in [3.05, 3.63) is 34.7 Å². The third-order valence-corrected chi connectivity index (χ3v) is 5.87. The van der Waals surface area contributed by atoms with Crippen molar-refractivity contribution in [3.63, 3.8) is 0 Å². The van der Waals surface area contributed by atoms with E-state index >= 15 is 0 Å². The summed E-state index contributed by atoms with van der Waals surface area (Å²) in [5.74, 6) is 1.36. The number of aromatic nitrogens is 2. The number of nitrogen functional groups attached to an aromatic ring is 1. The molecule has 5 heteroatoms. The molecule has 2 heterocycles. The maximum absolute atomic E-state index is 6.22. The lowest BCUT2D eigenvalue weighted by atomic mass is 10.1. The fourth-order valence-electron chi connectivity index (χ4n) is 2.89. The first kappa shape index (κ1) is 13.1. The molecular weight excluding hydrogens is 298 g/mol. The summed E-state index contributed by atoms with van der Waals surface area (Å²) in [4.78, 5) is 13.0. The number of aryl methyl sites for hydroxylation is 2. The lowest BCUT2D eigenvalue weighted by Crippen LogP contribution is -1.97. The zero-order valence-electron chi connectivity index (χ0n) is 11.7. The van der Waals surface area contributed by atoms with Crippen molar-refractivity contribution in [1.29, 1.82) is 0 Å². The highest BCUT2D eigenvalue weighted by Gasteiger charge is 2.21. The number of thiophene rings is 1. The molecule has 0 saturated heterocycles. The summed E-state index contributed by atoms with van der Waals surface area (Å²) in [6.45, 7) is 0. The summed E-state index contributed by atoms with van der Waals surface area (Å²) >= 11 is 3.51. The molecule has 3 aromatic rings. The second-order valence-electron chi connectivity index (χ2n) is 5.20. The molecule has 1 aliphatic rings. The van der Waals surface area contributed by atoms with Crippen molar-refractivity contribution in [2.24, 2.45) is 0 Å². The second-order valence-corrected chi connectivity index (χ2v) is 7.16. The van der Waals surface area contributed by atoms with Crippen LogP contribution in [-0.2, 0) is 12.8 Å². The standard InChI is InChI=1S/C16H15N3S2/c1-20-10-7-5-9(6-8-10)15-18-14(17)13-11-3-2-4-12(11)21-16(13)19-15/h5-8H,2-4H2,1H3,(H2,17,18,19). The summed E-state index contributed by atoms with van der Waals surface area (Å²) in [6.07, 6.45) is 5.58. The second kappa shape index (κ2) is 5.00. The van der Waals surface area contributed by atoms with Crippen LogP contribution in [0.15, 0.2) is 29.2 Å². The molecule has 0 bridgehead atoms. The Morgan fingerprint density at radius 1 is 1.14 bits per heavy atom. The van der Waals surface area contributed by atoms with Gasteiger partial charge in [0, 0.05) is 15.3 Å². The van der Waals surface area contributed by atoms with E-state index in [1.54, 1.807) is 23.1 Å². The Kier molecular flexibility index (Phi) is 3.12. The Hall–Kier alpha value is -1.59. The minimum absolute atomic E-state index is 0.628. The minimum Gasteiger partial charge on any atom is -0.383 e. The van der Waals surface area contributed by atoms with Gasteiger partial charge in [0.1, 0.15) is 10.6 Å². The summed E-state index contributed by atoms with van der Waals surface area (Å²) < 4.78 is 0. The molecule has 0 saturated carbocycles. The Bertz CT molecular complexity index is 822. The van der Waals surface area contributed by atoms with Gasteiger partial charge in [-0.3, -0.25) is 0 Å². The zero-order chi connectivity index (χ0) is 14.4. The van der Waals surface area contributed by atoms with E-state index in [0.29, 0.717) is 5.82 Å². The van der Waals surface area contributed by atoms with Crippen LogP contribution in [0.1, 0.15) is 16.9 Å². The summed E-state index contributed by atoms with van der Waals surface area (Å²) in [5, 5.41) is 1.09. The first-order valence-corrected chi connectivity index (χ1v) is 9.02. The van der Waals surface area contributed by atoms with Crippen LogP contribution in [0.2, 0.25) is 0 Å². The van der Waals surface area contributed by atoms with Crippen LogP contribution in [0.25, 0.3) is 21.6 Å². The van der Waals surface area contributed by atoms with E-state index in [4.69, 9.17) is 10.7 Å². The molecule has 2 N–H and O–H groups in total. The lowest BCUT2D eigenvalue weighted by molar-refractivity contribution is 0.917. The first-order valence-electron chi connectivity index (χ1n) is 6.98. The number of thioether (sulfide) groups is 1. The molecule has 0 radical (unpaired) electrons. The molecule has 1 aromatic carbocycles. The molecule has 4 rings (SSSR count). The molecular formula is C16H15N3S2. The van der Waals surface area contributed by atoms with Crippen molar-refractivity contribution in [1.82, 2.24) is 9.97 Å². The Morgan fingerprint density at radius 2 is 1.95 bits per heavy atom. The first-order chi connectivity index (χ1) is 10.3. The van der Waals surface area contributed by atoms with Gasteiger partial charge in [0.25, 0.3) is 0 Å². The highest BCUT2D eigenvalue weighted by Crippen LogP contribution is 2.39. The molecule has 21 heavy (non-hydrogen) atoms. The van der Waals surface area contributed by atoms with Gasteiger partial charge in [-0.05, 0) is 43.2 Å². The Morgan fingerprint density at radius 3 is 2.71 bits per heavy atom. The molecule has 0 fully saturated rings. The monoisotopic (exact) mass is 313 g/mol. The molecule has 0 aliphatic heterocycles. The van der Waals surface area contributed by atoms with Gasteiger partial charge in [-0.2, -0.15) is 0 Å². The van der Waals surface area contributed by atoms with Gasteiger partial charge in [0.2, 0.25) is 0 Å². The molecule has 0 amide bonds. The average Bonchev–Trinajstić information content (AvgIpc) is 3.07. The van der Waals surface area contributed by atoms with Crippen LogP contribution >= 0.6 is 23.1 Å². The number of nitrogens with two attached hydrogens (primary N) is 1. The van der Waals surface area contributed by atoms with E-state index < -0.39 is 0 Å². The van der Waals surface area contributed by atoms with Crippen molar-refractivity contribution in [3.8, 4) is 11.4 Å². The minimum atomic E-state index is 0.628. The van der Waals surface area contributed by atoms with Crippen LogP contribution in [0, 0.1) is 0 Å². The van der Waals surface area contributed by atoms with Gasteiger partial charge in [0.15, 0.2) is 5.82 Å². The summed E-state index contributed by atoms with van der Waals surface area (Å²) in [6, 6.07) is 8.32. The number of rotatable bonds is 2. The van der Waals surface area contributed by atoms with Gasteiger partial charge < -0.3 is 5.73 Å². The highest BCUT2D eigenvalue weighted by molar-refractivity contribution is 7.98. The summed E-state index contributed by atoms with van der Waals surface area (Å²) in [5.41, 5.74) is 8.63. The Balaban J connectivity index is 1.86. The van der Waals surface area contributed by atoms with Crippen molar-refractivity contribution >= 4 is 39.1 Å². The maximum atomic E-state index is 6.22. The van der Waals surface area contributed by atoms with Crippen molar-refractivity contribution in [2.45, 2.75) is 24.2 Å². The van der Waals surface area contributed by atoms with Crippen LogP contribution < -0.4 is 5.73 Å². The third-order valence-electron chi connectivity index (χ3n) is 3.94. The Labute approximate surface area is 131 Å². The van der Waals surface area contributed by atoms with E-state index in [9.17, 15) is 0 Å². The van der Waals surface area contributed by atoms with Gasteiger partial charge >= 0.3 is 0 Å². The van der Waals surface area contributed by atoms with Crippen molar-refractivity contribution in [2.75, 3.05) is 12.0 Å². The van der Waals surface area contributed by atoms with Crippen LogP contribution in [0.3, 0.4) is 0 Å². The number of hydrogen-bond acceptors (Lipinski definition) is 5. The van der Waals surface area contributed by atoms with Gasteiger partial charge in [-0.1, -0.05) is 12.1 Å². The molecule has 1 aliphatic carbocycles. The van der Waals surface area contributed by atoms with E-state index in [1.807, 2.05) is 0 Å². The molecule has 106 valence electrons. The third kappa shape index (κ3) is 2.12. The zero-order valence-corrected chi connectivity index (χ0v) is 13.4. The fourth-order valence-corrected chi connectivity index (χ4v) is 4.57. The molecule has 0 atom stereocenters. The normalized spacial score (nSPS) is 13.8. The van der Waals surface area contributed by atoms with Gasteiger partial charge in [-0.15, -0.1) is 23.1 Å². The molecule has 0 spiro atoms. The SMILES string of the molecule is CSc1ccc(-c2nc(N)c3c4c(sc3n2)CCC4)cc1. The van der Waals surface area contributed by atoms with Crippen LogP contribution in [-0.4, -0.2) is 16.2 Å². The number of anilines is 1. The van der Waals surface area contributed by atoms with E-state index in [0.717, 1.165) is 34.4 Å². The number of hydrogen-bond donors (Lipinski definition) is 1. The number of fused-ring (bicyclic) bond motifs is 3. The molecule has 3 nitrogen and oxygen atoms in total. The largest absolute Gasteiger partial charge is 0.383 e. The highest BCUT2D eigenvalue weighted by atomic mass is 32.2. The quantitative estimate of drug-likeness (QED) is 0.722. The number of nitrogens with zero attached hydrogens (tertiary/aromatic N) is 2. The molecule has 0 unspecified atom stereocenters. The maximum Gasteiger partial charge on any atom is 0.163 e. The van der Waals surface area contributed by atoms with Gasteiger partial charge in [-0.25, -0.2) is 9.97 Å². The van der Waals surface area contributed by atoms with E-state index in [-0.39, 0.29) is 0 Å². The van der Waals surface area contributed by atoms with Crippen molar-refractivity contribution < 1.29 is 0 Å². The predicted molar refractivity (Wildman–Crippen MR) is 91.1 cm³/mol. The predicted octanol–water partition coefficient (Wildman–Crippen LogP) is 4.15. The van der Waals surface area contributed by atoms with E-state index in [2.05, 4.69) is 35.5 Å². The summed E-state index contributed by atoms with van der Waals surface area (Å²) in [7, 11) is 0. The van der Waals surface area contributed by atoms with Crippen LogP contribution in [0.5, 0.6) is 0 Å². The topological polar surface area (TPSA) is 51.8 Å². The fraction of sp³-hybridized carbons (Fsp3) is 0.250. The lowest BCUT2D eigenvalue weighted by Gasteiger charge is -2.04. The number of benzene rings is 1. The molecule has 2 aromatic heterocycles. The van der Waals surface area contributed by atoms with Gasteiger partial charge in [0.05, 0.1) is 5.39 Å². The van der Waals surface area contributed by atoms with Crippen LogP contribution in [0.4, 0.5) is 5.82 Å². The average molecular weight is 313 g/mol. The smallest absolute Gasteiger partial charge is 0.163 e. The van der Waals surface area contributed by atoms with E-state index in [1.165, 1.54) is 21.8 Å².